The van der Waals surface area contributed by atoms with Crippen LogP contribution in [0.25, 0.3) is 0 Å². The Bertz CT molecular complexity index is 103. The summed E-state index contributed by atoms with van der Waals surface area (Å²) in [5, 5.41) is 9.37. The van der Waals surface area contributed by atoms with Crippen molar-refractivity contribution < 1.29 is 9.84 Å². The number of aliphatic hydroxyl groups excluding tert-OH is 1. The molecule has 3 atom stereocenters. The van der Waals surface area contributed by atoms with Crippen molar-refractivity contribution in [3.05, 3.63) is 0 Å². The van der Waals surface area contributed by atoms with Crippen LogP contribution < -0.4 is 0 Å². The molecule has 2 heteroatoms. The summed E-state index contributed by atoms with van der Waals surface area (Å²) in [6.07, 6.45) is 0.962. The van der Waals surface area contributed by atoms with Crippen LogP contribution in [0.3, 0.4) is 0 Å². The maximum atomic E-state index is 9.37. The Balaban J connectivity index is 2.04. The normalized spacial score (nSPS) is 33.9. The van der Waals surface area contributed by atoms with E-state index >= 15 is 0 Å². The minimum absolute atomic E-state index is 0.213. The summed E-state index contributed by atoms with van der Waals surface area (Å²) in [4.78, 5) is 0. The molecule has 2 nitrogen and oxygen atoms in total. The van der Waals surface area contributed by atoms with Crippen LogP contribution >= 0.6 is 0 Å². The molecule has 60 valence electrons. The standard InChI is InChI=1S/C8H16O2/c1-3-10-5-8(9)7-4-6(7)2/h6-9H,3-5H2,1-2H3. The van der Waals surface area contributed by atoms with Gasteiger partial charge in [0.05, 0.1) is 12.7 Å². The zero-order chi connectivity index (χ0) is 7.56. The summed E-state index contributed by atoms with van der Waals surface area (Å²) in [5.41, 5.74) is 0. The zero-order valence-corrected chi connectivity index (χ0v) is 6.71. The first-order valence-electron chi connectivity index (χ1n) is 4.01. The highest BCUT2D eigenvalue weighted by Gasteiger charge is 2.38. The number of hydrogen-bond acceptors (Lipinski definition) is 2. The van der Waals surface area contributed by atoms with Crippen molar-refractivity contribution in [2.45, 2.75) is 26.4 Å². The van der Waals surface area contributed by atoms with E-state index < -0.39 is 0 Å². The molecule has 0 heterocycles. The molecule has 1 N–H and O–H groups in total. The van der Waals surface area contributed by atoms with E-state index in [0.717, 1.165) is 5.92 Å². The molecule has 0 aromatic heterocycles. The number of ether oxygens (including phenoxy) is 1. The highest BCUT2D eigenvalue weighted by atomic mass is 16.5. The van der Waals surface area contributed by atoms with Gasteiger partial charge in [0, 0.05) is 6.61 Å². The highest BCUT2D eigenvalue weighted by Crippen LogP contribution is 2.40. The van der Waals surface area contributed by atoms with E-state index in [1.54, 1.807) is 0 Å². The molecule has 1 fully saturated rings. The molecular weight excluding hydrogens is 128 g/mol. The lowest BCUT2D eigenvalue weighted by Crippen LogP contribution is -2.18. The quantitative estimate of drug-likeness (QED) is 0.638. The Morgan fingerprint density at radius 3 is 2.70 bits per heavy atom. The molecule has 0 radical (unpaired) electrons. The summed E-state index contributed by atoms with van der Waals surface area (Å²) in [6.45, 7) is 5.34. The summed E-state index contributed by atoms with van der Waals surface area (Å²) in [5.74, 6) is 1.24. The lowest BCUT2D eigenvalue weighted by molar-refractivity contribution is 0.0283. The van der Waals surface area contributed by atoms with Crippen LogP contribution in [0, 0.1) is 11.8 Å². The second-order valence-electron chi connectivity index (χ2n) is 3.10. The third kappa shape index (κ3) is 1.96. The fourth-order valence-electron chi connectivity index (χ4n) is 1.25. The molecule has 1 rings (SSSR count). The van der Waals surface area contributed by atoms with E-state index in [1.165, 1.54) is 6.42 Å². The zero-order valence-electron chi connectivity index (χ0n) is 6.71. The average Bonchev–Trinajstić information content (AvgIpc) is 2.62. The predicted molar refractivity (Wildman–Crippen MR) is 39.8 cm³/mol. The van der Waals surface area contributed by atoms with E-state index in [9.17, 15) is 5.11 Å². The van der Waals surface area contributed by atoms with Gasteiger partial charge in [0.1, 0.15) is 0 Å². The van der Waals surface area contributed by atoms with Crippen LogP contribution in [-0.4, -0.2) is 24.4 Å². The van der Waals surface area contributed by atoms with Gasteiger partial charge in [0.2, 0.25) is 0 Å². The molecule has 0 spiro atoms. The molecule has 1 aliphatic carbocycles. The third-order valence-electron chi connectivity index (χ3n) is 2.16. The summed E-state index contributed by atoms with van der Waals surface area (Å²) >= 11 is 0. The smallest absolute Gasteiger partial charge is 0.0804 e. The molecule has 3 unspecified atom stereocenters. The van der Waals surface area contributed by atoms with Crippen molar-refractivity contribution in [2.75, 3.05) is 13.2 Å². The molecule has 10 heavy (non-hydrogen) atoms. The van der Waals surface area contributed by atoms with E-state index in [-0.39, 0.29) is 6.10 Å². The lowest BCUT2D eigenvalue weighted by atomic mass is 10.2. The SMILES string of the molecule is CCOCC(O)C1CC1C. The molecule has 0 aliphatic heterocycles. The molecule has 0 aromatic rings. The van der Waals surface area contributed by atoms with Crippen LogP contribution in [0.2, 0.25) is 0 Å². The minimum Gasteiger partial charge on any atom is -0.390 e. The van der Waals surface area contributed by atoms with Gasteiger partial charge < -0.3 is 9.84 Å². The van der Waals surface area contributed by atoms with Crippen molar-refractivity contribution in [2.24, 2.45) is 11.8 Å². The van der Waals surface area contributed by atoms with Crippen LogP contribution in [0.4, 0.5) is 0 Å². The summed E-state index contributed by atoms with van der Waals surface area (Å²) in [7, 11) is 0. The first-order chi connectivity index (χ1) is 4.75. The van der Waals surface area contributed by atoms with Gasteiger partial charge in [-0.1, -0.05) is 6.92 Å². The largest absolute Gasteiger partial charge is 0.390 e. The Morgan fingerprint density at radius 1 is 1.70 bits per heavy atom. The van der Waals surface area contributed by atoms with Gasteiger partial charge >= 0.3 is 0 Å². The minimum atomic E-state index is -0.213. The fraction of sp³-hybridized carbons (Fsp3) is 1.00. The monoisotopic (exact) mass is 144 g/mol. The second-order valence-corrected chi connectivity index (χ2v) is 3.10. The molecular formula is C8H16O2. The van der Waals surface area contributed by atoms with E-state index in [0.29, 0.717) is 19.1 Å². The number of aliphatic hydroxyl groups is 1. The van der Waals surface area contributed by atoms with Gasteiger partial charge in [0.15, 0.2) is 0 Å². The van der Waals surface area contributed by atoms with Gasteiger partial charge in [-0.3, -0.25) is 0 Å². The maximum Gasteiger partial charge on any atom is 0.0804 e. The molecule has 0 bridgehead atoms. The maximum absolute atomic E-state index is 9.37. The molecule has 1 saturated carbocycles. The Kier molecular flexibility index (Phi) is 2.69. The average molecular weight is 144 g/mol. The van der Waals surface area contributed by atoms with Crippen LogP contribution in [0.15, 0.2) is 0 Å². The molecule has 0 saturated heterocycles. The summed E-state index contributed by atoms with van der Waals surface area (Å²) in [6, 6.07) is 0. The molecule has 1 aliphatic rings. The van der Waals surface area contributed by atoms with Gasteiger partial charge in [0.25, 0.3) is 0 Å². The second kappa shape index (κ2) is 3.35. The van der Waals surface area contributed by atoms with Gasteiger partial charge in [-0.25, -0.2) is 0 Å². The van der Waals surface area contributed by atoms with Crippen LogP contribution in [0.5, 0.6) is 0 Å². The van der Waals surface area contributed by atoms with Gasteiger partial charge in [-0.2, -0.15) is 0 Å². The van der Waals surface area contributed by atoms with E-state index in [2.05, 4.69) is 6.92 Å². The van der Waals surface area contributed by atoms with E-state index in [1.807, 2.05) is 6.92 Å². The first-order valence-corrected chi connectivity index (χ1v) is 4.01. The van der Waals surface area contributed by atoms with Crippen molar-refractivity contribution in [3.63, 3.8) is 0 Å². The van der Waals surface area contributed by atoms with Gasteiger partial charge in [-0.05, 0) is 25.2 Å². The predicted octanol–water partition coefficient (Wildman–Crippen LogP) is 1.04. The Hall–Kier alpha value is -0.0800. The highest BCUT2D eigenvalue weighted by molar-refractivity contribution is 4.87. The molecule has 0 aromatic carbocycles. The van der Waals surface area contributed by atoms with Crippen molar-refractivity contribution in [3.8, 4) is 0 Å². The van der Waals surface area contributed by atoms with Crippen molar-refractivity contribution in [1.29, 1.82) is 0 Å². The Morgan fingerprint density at radius 2 is 2.30 bits per heavy atom. The van der Waals surface area contributed by atoms with Crippen LogP contribution in [-0.2, 0) is 4.74 Å². The number of hydrogen-bond donors (Lipinski definition) is 1. The summed E-state index contributed by atoms with van der Waals surface area (Å²) < 4.78 is 5.09. The van der Waals surface area contributed by atoms with Gasteiger partial charge in [-0.15, -0.1) is 0 Å². The molecule has 0 amide bonds. The van der Waals surface area contributed by atoms with Crippen molar-refractivity contribution in [1.82, 2.24) is 0 Å². The van der Waals surface area contributed by atoms with Crippen LogP contribution in [0.1, 0.15) is 20.3 Å². The number of rotatable bonds is 4. The fourth-order valence-corrected chi connectivity index (χ4v) is 1.25. The Labute approximate surface area is 62.2 Å². The first kappa shape index (κ1) is 8.02. The lowest BCUT2D eigenvalue weighted by Gasteiger charge is -2.08. The van der Waals surface area contributed by atoms with E-state index in [4.69, 9.17) is 4.74 Å². The topological polar surface area (TPSA) is 29.5 Å². The third-order valence-corrected chi connectivity index (χ3v) is 2.16. The van der Waals surface area contributed by atoms with Crippen molar-refractivity contribution >= 4 is 0 Å².